The Bertz CT molecular complexity index is 830. The molecule has 8 heteroatoms. The molecule has 6 atom stereocenters. The van der Waals surface area contributed by atoms with Crippen LogP contribution in [-0.2, 0) is 14.3 Å². The standard InChI is InChI=1S/C21H28O8/c1-9-6-11-14(10(2)21(4-5-21)20(3,27)18(11)26)12(9)8-28-19-17(25)16(24)15(23)13(7-22)29-19/h6,13,15-17,19,22-25,27H,4-5,7-8H2,1-3H3/t13-,15-,16+,17-,19+,20-/m0/s1. The highest BCUT2D eigenvalue weighted by molar-refractivity contribution is 6.10. The number of rotatable bonds is 4. The van der Waals surface area contributed by atoms with Crippen molar-refractivity contribution in [2.24, 2.45) is 5.41 Å². The number of aliphatic hydroxyl groups excluding tert-OH is 4. The van der Waals surface area contributed by atoms with Gasteiger partial charge in [0, 0.05) is 11.0 Å². The molecule has 0 bridgehead atoms. The lowest BCUT2D eigenvalue weighted by atomic mass is 9.67. The minimum absolute atomic E-state index is 0.00665. The van der Waals surface area contributed by atoms with Crippen LogP contribution in [0.2, 0.25) is 0 Å². The third-order valence-corrected chi connectivity index (χ3v) is 7.11. The summed E-state index contributed by atoms with van der Waals surface area (Å²) in [7, 11) is 0. The molecule has 4 aliphatic rings. The van der Waals surface area contributed by atoms with Crippen LogP contribution in [0, 0.1) is 5.41 Å². The van der Waals surface area contributed by atoms with E-state index in [-0.39, 0.29) is 12.4 Å². The van der Waals surface area contributed by atoms with Crippen molar-refractivity contribution in [3.05, 3.63) is 33.9 Å². The molecular weight excluding hydrogens is 380 g/mol. The minimum Gasteiger partial charge on any atom is -0.394 e. The Morgan fingerprint density at radius 3 is 2.41 bits per heavy atom. The first kappa shape index (κ1) is 20.9. The summed E-state index contributed by atoms with van der Waals surface area (Å²) in [6.45, 7) is 4.84. The van der Waals surface area contributed by atoms with E-state index < -0.39 is 48.3 Å². The van der Waals surface area contributed by atoms with Gasteiger partial charge in [-0.3, -0.25) is 4.79 Å². The van der Waals surface area contributed by atoms with Crippen molar-refractivity contribution in [3.63, 3.8) is 0 Å². The van der Waals surface area contributed by atoms with Crippen LogP contribution in [0.25, 0.3) is 0 Å². The fourth-order valence-electron chi connectivity index (χ4n) is 4.97. The summed E-state index contributed by atoms with van der Waals surface area (Å²) in [6.07, 6.45) is -3.50. The lowest BCUT2D eigenvalue weighted by Gasteiger charge is -2.40. The maximum Gasteiger partial charge on any atom is 0.195 e. The zero-order valence-corrected chi connectivity index (χ0v) is 16.8. The van der Waals surface area contributed by atoms with Crippen LogP contribution >= 0.6 is 0 Å². The van der Waals surface area contributed by atoms with E-state index in [1.54, 1.807) is 13.0 Å². The molecule has 1 heterocycles. The van der Waals surface area contributed by atoms with Crippen LogP contribution in [0.5, 0.6) is 0 Å². The summed E-state index contributed by atoms with van der Waals surface area (Å²) in [5, 5.41) is 50.2. The van der Waals surface area contributed by atoms with E-state index in [0.717, 1.165) is 35.1 Å². The number of hydrogen-bond donors (Lipinski definition) is 5. The summed E-state index contributed by atoms with van der Waals surface area (Å²) in [5.41, 5.74) is 1.81. The van der Waals surface area contributed by atoms with E-state index in [1.165, 1.54) is 0 Å². The molecule has 0 amide bonds. The van der Waals surface area contributed by atoms with E-state index in [4.69, 9.17) is 9.47 Å². The van der Waals surface area contributed by atoms with Gasteiger partial charge in [-0.25, -0.2) is 0 Å². The number of hydrogen-bond acceptors (Lipinski definition) is 8. The van der Waals surface area contributed by atoms with Gasteiger partial charge in [0.25, 0.3) is 0 Å². The van der Waals surface area contributed by atoms with Gasteiger partial charge >= 0.3 is 0 Å². The lowest BCUT2D eigenvalue weighted by molar-refractivity contribution is -0.298. The molecule has 0 aromatic heterocycles. The van der Waals surface area contributed by atoms with Gasteiger partial charge in [-0.05, 0) is 56.4 Å². The second-order valence-corrected chi connectivity index (χ2v) is 8.71. The minimum atomic E-state index is -1.51. The molecule has 160 valence electrons. The van der Waals surface area contributed by atoms with Gasteiger partial charge in [-0.15, -0.1) is 0 Å². The molecule has 1 spiro atoms. The first-order valence-corrected chi connectivity index (χ1v) is 9.89. The van der Waals surface area contributed by atoms with Gasteiger partial charge in [0.15, 0.2) is 12.1 Å². The highest BCUT2D eigenvalue weighted by Gasteiger charge is 2.65. The molecule has 0 aromatic rings. The monoisotopic (exact) mass is 408 g/mol. The first-order chi connectivity index (χ1) is 13.6. The van der Waals surface area contributed by atoms with E-state index in [9.17, 15) is 30.3 Å². The van der Waals surface area contributed by atoms with E-state index in [2.05, 4.69) is 0 Å². The number of allylic oxidation sites excluding steroid dienone is 2. The Labute approximate surface area is 168 Å². The molecule has 8 nitrogen and oxygen atoms in total. The van der Waals surface area contributed by atoms with Crippen molar-refractivity contribution in [2.45, 2.75) is 69.9 Å². The highest BCUT2D eigenvalue weighted by atomic mass is 16.7. The summed E-state index contributed by atoms with van der Waals surface area (Å²) in [4.78, 5) is 13.0. The SMILES string of the molecule is CC1=C(CO[C@@H]2O[C@@H](CO)[C@H](O)[C@@H](O)[C@@H]2O)C2=C(C)C3(CC3)[C@@](C)(O)C(=O)C2=C1. The molecule has 1 saturated heterocycles. The fraction of sp³-hybridized carbons (Fsp3) is 0.667. The smallest absolute Gasteiger partial charge is 0.195 e. The molecule has 0 unspecified atom stereocenters. The average molecular weight is 408 g/mol. The molecule has 0 radical (unpaired) electrons. The Hall–Kier alpha value is -1.39. The van der Waals surface area contributed by atoms with Crippen molar-refractivity contribution in [3.8, 4) is 0 Å². The Balaban J connectivity index is 1.58. The summed E-state index contributed by atoms with van der Waals surface area (Å²) in [6, 6.07) is 0. The Morgan fingerprint density at radius 2 is 1.83 bits per heavy atom. The molecule has 2 fully saturated rings. The summed E-state index contributed by atoms with van der Waals surface area (Å²) < 4.78 is 11.1. The topological polar surface area (TPSA) is 137 Å². The van der Waals surface area contributed by atoms with Gasteiger partial charge in [-0.2, -0.15) is 0 Å². The molecule has 1 aliphatic heterocycles. The largest absolute Gasteiger partial charge is 0.394 e. The summed E-state index contributed by atoms with van der Waals surface area (Å²) >= 11 is 0. The van der Waals surface area contributed by atoms with E-state index in [1.807, 2.05) is 13.8 Å². The predicted octanol–water partition coefficient (Wildman–Crippen LogP) is -0.510. The van der Waals surface area contributed by atoms with Crippen molar-refractivity contribution in [1.29, 1.82) is 0 Å². The number of fused-ring (bicyclic) bond motifs is 1. The second kappa shape index (κ2) is 6.81. The van der Waals surface area contributed by atoms with Crippen molar-refractivity contribution >= 4 is 5.78 Å². The van der Waals surface area contributed by atoms with Gasteiger partial charge in [0.1, 0.15) is 30.0 Å². The number of Topliss-reactive ketones (excluding diaryl/α,β-unsaturated/α-hetero) is 1. The van der Waals surface area contributed by atoms with Gasteiger partial charge in [0.05, 0.1) is 13.2 Å². The number of carbonyl (C=O) groups excluding carboxylic acids is 1. The molecule has 4 rings (SSSR count). The Morgan fingerprint density at radius 1 is 1.17 bits per heavy atom. The average Bonchev–Trinajstić information content (AvgIpc) is 3.43. The van der Waals surface area contributed by atoms with Crippen molar-refractivity contribution in [2.75, 3.05) is 13.2 Å². The molecule has 0 aromatic carbocycles. The van der Waals surface area contributed by atoms with Crippen LogP contribution in [-0.4, -0.2) is 80.8 Å². The van der Waals surface area contributed by atoms with E-state index >= 15 is 0 Å². The number of aliphatic hydroxyl groups is 5. The zero-order chi connectivity index (χ0) is 21.3. The normalized spacial score (nSPS) is 41.2. The van der Waals surface area contributed by atoms with Gasteiger partial charge in [0.2, 0.25) is 0 Å². The van der Waals surface area contributed by atoms with Crippen molar-refractivity contribution in [1.82, 2.24) is 0 Å². The Kier molecular flexibility index (Phi) is 4.90. The van der Waals surface area contributed by atoms with Crippen LogP contribution < -0.4 is 0 Å². The molecule has 3 aliphatic carbocycles. The van der Waals surface area contributed by atoms with E-state index in [0.29, 0.717) is 5.57 Å². The zero-order valence-electron chi connectivity index (χ0n) is 16.8. The second-order valence-electron chi connectivity index (χ2n) is 8.71. The third kappa shape index (κ3) is 2.82. The molecular formula is C21H28O8. The molecule has 29 heavy (non-hydrogen) atoms. The fourth-order valence-corrected chi connectivity index (χ4v) is 4.97. The third-order valence-electron chi connectivity index (χ3n) is 7.11. The van der Waals surface area contributed by atoms with Gasteiger partial charge in [-0.1, -0.05) is 5.57 Å². The maximum absolute atomic E-state index is 13.0. The van der Waals surface area contributed by atoms with Gasteiger partial charge < -0.3 is 35.0 Å². The summed E-state index contributed by atoms with van der Waals surface area (Å²) in [5.74, 6) is -0.294. The van der Waals surface area contributed by atoms with Crippen LogP contribution in [0.1, 0.15) is 33.6 Å². The molecule has 1 saturated carbocycles. The van der Waals surface area contributed by atoms with Crippen LogP contribution in [0.4, 0.5) is 0 Å². The van der Waals surface area contributed by atoms with Crippen LogP contribution in [0.15, 0.2) is 33.9 Å². The predicted molar refractivity (Wildman–Crippen MR) is 101 cm³/mol. The van der Waals surface area contributed by atoms with Crippen molar-refractivity contribution < 1.29 is 39.8 Å². The highest BCUT2D eigenvalue weighted by Crippen LogP contribution is 2.64. The molecule has 5 N–H and O–H groups in total. The first-order valence-electron chi connectivity index (χ1n) is 9.89. The number of ketones is 1. The number of ether oxygens (including phenoxy) is 2. The maximum atomic E-state index is 13.0. The van der Waals surface area contributed by atoms with Crippen LogP contribution in [0.3, 0.4) is 0 Å². The quantitative estimate of drug-likeness (QED) is 0.420. The number of carbonyl (C=O) groups is 1. The lowest BCUT2D eigenvalue weighted by Crippen LogP contribution is -2.59.